The molecule has 0 aliphatic carbocycles. The second kappa shape index (κ2) is 9.03. The molecule has 1 aliphatic heterocycles. The summed E-state index contributed by atoms with van der Waals surface area (Å²) in [5, 5.41) is 2.88. The van der Waals surface area contributed by atoms with Crippen molar-refractivity contribution in [2.24, 2.45) is 5.92 Å². The maximum absolute atomic E-state index is 12.3. The van der Waals surface area contributed by atoms with Gasteiger partial charge in [-0.25, -0.2) is 4.79 Å². The van der Waals surface area contributed by atoms with Crippen molar-refractivity contribution in [1.29, 1.82) is 0 Å². The fraction of sp³-hybridized carbons (Fsp3) is 0.600. The van der Waals surface area contributed by atoms with Gasteiger partial charge in [0.25, 0.3) is 0 Å². The maximum atomic E-state index is 12.3. The van der Waals surface area contributed by atoms with Gasteiger partial charge in [0.2, 0.25) is 0 Å². The predicted octanol–water partition coefficient (Wildman–Crippen LogP) is 2.96. The van der Waals surface area contributed by atoms with E-state index < -0.39 is 11.7 Å². The van der Waals surface area contributed by atoms with Crippen LogP contribution in [0.2, 0.25) is 0 Å². The molecule has 1 saturated heterocycles. The van der Waals surface area contributed by atoms with Crippen molar-refractivity contribution in [3.63, 3.8) is 0 Å². The van der Waals surface area contributed by atoms with Crippen LogP contribution >= 0.6 is 0 Å². The molecule has 2 atom stereocenters. The summed E-state index contributed by atoms with van der Waals surface area (Å²) in [6.45, 7) is 9.72. The Labute approximate surface area is 155 Å². The fourth-order valence-electron chi connectivity index (χ4n) is 3.14. The van der Waals surface area contributed by atoms with Crippen LogP contribution in [0.1, 0.15) is 39.7 Å². The fourth-order valence-corrected chi connectivity index (χ4v) is 3.14. The molecule has 0 radical (unpaired) electrons. The number of carbonyl (C=O) groups excluding carboxylic acids is 2. The van der Waals surface area contributed by atoms with Gasteiger partial charge in [0.1, 0.15) is 5.60 Å². The van der Waals surface area contributed by atoms with Crippen LogP contribution in [-0.2, 0) is 20.8 Å². The van der Waals surface area contributed by atoms with Gasteiger partial charge in [-0.3, -0.25) is 9.69 Å². The largest absolute Gasteiger partial charge is 0.466 e. The number of nitrogens with one attached hydrogen (secondary N) is 1. The lowest BCUT2D eigenvalue weighted by Crippen LogP contribution is -2.55. The third-order valence-corrected chi connectivity index (χ3v) is 4.24. The zero-order valence-corrected chi connectivity index (χ0v) is 16.2. The van der Waals surface area contributed by atoms with Crippen molar-refractivity contribution in [3.8, 4) is 0 Å². The lowest BCUT2D eigenvalue weighted by atomic mass is 9.91. The summed E-state index contributed by atoms with van der Waals surface area (Å²) in [4.78, 5) is 26.8. The Balaban J connectivity index is 2.04. The molecule has 0 saturated carbocycles. The Kier molecular flexibility index (Phi) is 7.03. The first-order valence-corrected chi connectivity index (χ1v) is 9.21. The first-order valence-electron chi connectivity index (χ1n) is 9.21. The van der Waals surface area contributed by atoms with Crippen molar-refractivity contribution < 1.29 is 19.1 Å². The number of alkyl carbamates (subject to hydrolysis) is 1. The molecule has 1 aromatic rings. The number of hydrogen-bond donors (Lipinski definition) is 1. The van der Waals surface area contributed by atoms with Gasteiger partial charge in [-0.2, -0.15) is 0 Å². The zero-order valence-electron chi connectivity index (χ0n) is 16.2. The minimum absolute atomic E-state index is 0.257. The molecule has 26 heavy (non-hydrogen) atoms. The van der Waals surface area contributed by atoms with Gasteiger partial charge in [-0.15, -0.1) is 0 Å². The van der Waals surface area contributed by atoms with E-state index in [1.165, 1.54) is 5.56 Å². The van der Waals surface area contributed by atoms with E-state index in [2.05, 4.69) is 22.3 Å². The summed E-state index contributed by atoms with van der Waals surface area (Å²) in [5.74, 6) is -0.609. The number of rotatable bonds is 5. The van der Waals surface area contributed by atoms with Crippen LogP contribution in [0.15, 0.2) is 30.3 Å². The lowest BCUT2D eigenvalue weighted by Gasteiger charge is -2.37. The van der Waals surface area contributed by atoms with Gasteiger partial charge in [0, 0.05) is 13.1 Å². The Morgan fingerprint density at radius 2 is 1.92 bits per heavy atom. The first-order chi connectivity index (χ1) is 12.3. The highest BCUT2D eigenvalue weighted by molar-refractivity contribution is 5.75. The van der Waals surface area contributed by atoms with E-state index in [0.717, 1.165) is 13.1 Å². The Hall–Kier alpha value is -2.08. The minimum Gasteiger partial charge on any atom is -0.466 e. The Bertz CT molecular complexity index is 598. The molecular weight excluding hydrogens is 332 g/mol. The van der Waals surface area contributed by atoms with Crippen molar-refractivity contribution in [1.82, 2.24) is 10.2 Å². The smallest absolute Gasteiger partial charge is 0.407 e. The molecule has 6 heteroatoms. The summed E-state index contributed by atoms with van der Waals surface area (Å²) in [6.07, 6.45) is 0.143. The van der Waals surface area contributed by atoms with E-state index in [1.807, 2.05) is 39.0 Å². The average Bonchev–Trinajstić information content (AvgIpc) is 2.54. The molecule has 0 bridgehead atoms. The Morgan fingerprint density at radius 1 is 1.23 bits per heavy atom. The van der Waals surface area contributed by atoms with E-state index in [9.17, 15) is 9.59 Å². The highest BCUT2D eigenvalue weighted by atomic mass is 16.6. The van der Waals surface area contributed by atoms with E-state index in [4.69, 9.17) is 9.47 Å². The van der Waals surface area contributed by atoms with Crippen molar-refractivity contribution >= 4 is 12.1 Å². The molecule has 6 nitrogen and oxygen atoms in total. The van der Waals surface area contributed by atoms with Gasteiger partial charge < -0.3 is 14.8 Å². The molecule has 1 fully saturated rings. The van der Waals surface area contributed by atoms with Crippen LogP contribution in [0.3, 0.4) is 0 Å². The maximum Gasteiger partial charge on any atom is 0.407 e. The summed E-state index contributed by atoms with van der Waals surface area (Å²) >= 11 is 0. The van der Waals surface area contributed by atoms with E-state index in [1.54, 1.807) is 6.92 Å². The topological polar surface area (TPSA) is 67.9 Å². The standard InChI is InChI=1S/C20H30N2O4/c1-5-25-18(23)16-11-12-22(13-15-9-7-6-8-10-15)14-17(16)21-19(24)26-20(2,3)4/h6-10,16-17H,5,11-14H2,1-4H3,(H,21,24)/t16?,17-/m0/s1. The Morgan fingerprint density at radius 3 is 2.54 bits per heavy atom. The summed E-state index contributed by atoms with van der Waals surface area (Å²) < 4.78 is 10.6. The molecule has 1 unspecified atom stereocenters. The molecule has 1 N–H and O–H groups in total. The lowest BCUT2D eigenvalue weighted by molar-refractivity contribution is -0.150. The molecule has 1 aliphatic rings. The van der Waals surface area contributed by atoms with Crippen LogP contribution in [0.5, 0.6) is 0 Å². The van der Waals surface area contributed by atoms with Crippen LogP contribution in [-0.4, -0.2) is 48.3 Å². The molecule has 0 spiro atoms. The highest BCUT2D eigenvalue weighted by Crippen LogP contribution is 2.22. The summed E-state index contributed by atoms with van der Waals surface area (Å²) in [5.41, 5.74) is 0.625. The van der Waals surface area contributed by atoms with Crippen molar-refractivity contribution in [2.75, 3.05) is 19.7 Å². The molecule has 1 heterocycles. The molecular formula is C20H30N2O4. The quantitative estimate of drug-likeness (QED) is 0.816. The van der Waals surface area contributed by atoms with Crippen molar-refractivity contribution in [2.45, 2.75) is 52.3 Å². The van der Waals surface area contributed by atoms with Crippen LogP contribution in [0.4, 0.5) is 4.79 Å². The molecule has 1 aromatic carbocycles. The summed E-state index contributed by atoms with van der Waals surface area (Å²) in [6, 6.07) is 9.83. The number of nitrogens with zero attached hydrogens (tertiary/aromatic N) is 1. The number of esters is 1. The van der Waals surface area contributed by atoms with Gasteiger partial charge in [0.15, 0.2) is 0 Å². The van der Waals surface area contributed by atoms with Gasteiger partial charge >= 0.3 is 12.1 Å². The van der Waals surface area contributed by atoms with Crippen molar-refractivity contribution in [3.05, 3.63) is 35.9 Å². The van der Waals surface area contributed by atoms with Gasteiger partial charge in [-0.05, 0) is 46.2 Å². The third-order valence-electron chi connectivity index (χ3n) is 4.24. The number of piperidine rings is 1. The third kappa shape index (κ3) is 6.33. The SMILES string of the molecule is CCOC(=O)C1CCN(Cc2ccccc2)C[C@@H]1NC(=O)OC(C)(C)C. The monoisotopic (exact) mass is 362 g/mol. The van der Waals surface area contributed by atoms with Crippen LogP contribution in [0, 0.1) is 5.92 Å². The van der Waals surface area contributed by atoms with E-state index in [-0.39, 0.29) is 17.9 Å². The first kappa shape index (κ1) is 20.2. The zero-order chi connectivity index (χ0) is 19.2. The number of amides is 1. The number of ether oxygens (including phenoxy) is 2. The average molecular weight is 362 g/mol. The summed E-state index contributed by atoms with van der Waals surface area (Å²) in [7, 11) is 0. The number of likely N-dealkylation sites (tertiary alicyclic amines) is 1. The van der Waals surface area contributed by atoms with Crippen LogP contribution < -0.4 is 5.32 Å². The van der Waals surface area contributed by atoms with Crippen LogP contribution in [0.25, 0.3) is 0 Å². The molecule has 144 valence electrons. The molecule has 1 amide bonds. The second-order valence-electron chi connectivity index (χ2n) is 7.62. The molecule has 2 rings (SSSR count). The van der Waals surface area contributed by atoms with E-state index in [0.29, 0.717) is 19.6 Å². The number of hydrogen-bond acceptors (Lipinski definition) is 5. The molecule has 0 aromatic heterocycles. The number of carbonyl (C=O) groups is 2. The van der Waals surface area contributed by atoms with E-state index >= 15 is 0 Å². The highest BCUT2D eigenvalue weighted by Gasteiger charge is 2.36. The normalized spacial score (nSPS) is 21.1. The van der Waals surface area contributed by atoms with Gasteiger partial charge in [-0.1, -0.05) is 30.3 Å². The minimum atomic E-state index is -0.581. The van der Waals surface area contributed by atoms with Gasteiger partial charge in [0.05, 0.1) is 18.6 Å². The number of benzene rings is 1. The predicted molar refractivity (Wildman–Crippen MR) is 99.6 cm³/mol. The second-order valence-corrected chi connectivity index (χ2v) is 7.62.